The second-order valence-electron chi connectivity index (χ2n) is 5.58. The van der Waals surface area contributed by atoms with E-state index in [9.17, 15) is 9.59 Å². The van der Waals surface area contributed by atoms with Crippen molar-refractivity contribution < 1.29 is 0 Å². The number of fused-ring (bicyclic) bond motifs is 2. The van der Waals surface area contributed by atoms with Gasteiger partial charge in [-0.25, -0.2) is 9.36 Å². The Morgan fingerprint density at radius 2 is 1.68 bits per heavy atom. The molecule has 0 saturated carbocycles. The lowest BCUT2D eigenvalue weighted by Gasteiger charge is -2.12. The fraction of sp³-hybridized carbons (Fsp3) is 0.308. The summed E-state index contributed by atoms with van der Waals surface area (Å²) < 4.78 is 2.36. The molecule has 4 aromatic rings. The van der Waals surface area contributed by atoms with E-state index in [-0.39, 0.29) is 17.2 Å². The van der Waals surface area contributed by atoms with E-state index in [1.54, 1.807) is 6.92 Å². The van der Waals surface area contributed by atoms with Gasteiger partial charge in [0.25, 0.3) is 11.1 Å². The van der Waals surface area contributed by atoms with Crippen LogP contribution in [0.3, 0.4) is 0 Å². The Morgan fingerprint density at radius 3 is 2.36 bits per heavy atom. The average molecular weight is 340 g/mol. The lowest BCUT2D eigenvalue weighted by Crippen LogP contribution is -2.30. The molecule has 4 rings (SSSR count). The summed E-state index contributed by atoms with van der Waals surface area (Å²) in [5.41, 5.74) is -0.00623. The molecule has 0 fully saturated rings. The summed E-state index contributed by atoms with van der Waals surface area (Å²) in [6.45, 7) is 2.11. The van der Waals surface area contributed by atoms with Crippen LogP contribution in [0.25, 0.3) is 21.8 Å². The molecule has 1 aromatic carbocycles. The Balaban J connectivity index is 1.87. The molecule has 25 heavy (non-hydrogen) atoms. The Labute approximate surface area is 138 Å². The van der Waals surface area contributed by atoms with Crippen LogP contribution in [0, 0.1) is 0 Å². The predicted molar refractivity (Wildman–Crippen MR) is 84.7 cm³/mol. The molecular formula is C13H12N10O2. The van der Waals surface area contributed by atoms with Crippen LogP contribution in [0.15, 0.2) is 28.0 Å². The smallest absolute Gasteiger partial charge is 0.267 e. The van der Waals surface area contributed by atoms with E-state index < -0.39 is 0 Å². The topological polar surface area (TPSA) is 139 Å². The maximum atomic E-state index is 12.8. The number of nitrogens with zero attached hydrogens (tertiary/aromatic N) is 10. The summed E-state index contributed by atoms with van der Waals surface area (Å²) in [7, 11) is 1.50. The zero-order chi connectivity index (χ0) is 17.6. The van der Waals surface area contributed by atoms with Crippen molar-refractivity contribution in [2.24, 2.45) is 7.05 Å². The van der Waals surface area contributed by atoms with Gasteiger partial charge in [-0.3, -0.25) is 9.59 Å². The summed E-state index contributed by atoms with van der Waals surface area (Å²) >= 11 is 0. The minimum atomic E-state index is -0.345. The van der Waals surface area contributed by atoms with Crippen molar-refractivity contribution in [2.75, 3.05) is 0 Å². The third-order valence-corrected chi connectivity index (χ3v) is 3.85. The average Bonchev–Trinajstić information content (AvgIpc) is 3.11. The molecule has 3 heterocycles. The molecular weight excluding hydrogens is 328 g/mol. The zero-order valence-electron chi connectivity index (χ0n) is 13.3. The quantitative estimate of drug-likeness (QED) is 0.415. The molecule has 0 aliphatic rings. The van der Waals surface area contributed by atoms with E-state index in [2.05, 4.69) is 36.0 Å². The second kappa shape index (κ2) is 5.51. The first kappa shape index (κ1) is 15.0. The highest BCUT2D eigenvalue weighted by atomic mass is 16.1. The van der Waals surface area contributed by atoms with Gasteiger partial charge < -0.3 is 0 Å². The van der Waals surface area contributed by atoms with Crippen molar-refractivity contribution >= 4 is 21.8 Å². The number of rotatable bonds is 3. The van der Waals surface area contributed by atoms with Gasteiger partial charge in [-0.2, -0.15) is 4.80 Å². The molecule has 3 aromatic heterocycles. The molecule has 0 radical (unpaired) electrons. The van der Waals surface area contributed by atoms with E-state index in [4.69, 9.17) is 0 Å². The van der Waals surface area contributed by atoms with Gasteiger partial charge in [0.15, 0.2) is 6.33 Å². The first-order valence-corrected chi connectivity index (χ1v) is 7.38. The van der Waals surface area contributed by atoms with Gasteiger partial charge in [0.05, 0.1) is 23.4 Å². The normalized spacial score (nSPS) is 12.7. The van der Waals surface area contributed by atoms with Crippen LogP contribution >= 0.6 is 0 Å². The molecule has 1 unspecified atom stereocenters. The molecule has 12 heteroatoms. The first-order chi connectivity index (χ1) is 12.0. The largest absolute Gasteiger partial charge is 0.277 e. The van der Waals surface area contributed by atoms with Crippen molar-refractivity contribution in [3.05, 3.63) is 39.2 Å². The van der Waals surface area contributed by atoms with Gasteiger partial charge in [-0.05, 0) is 24.3 Å². The summed E-state index contributed by atoms with van der Waals surface area (Å²) in [5.74, 6) is 0. The Hall–Kier alpha value is -3.57. The number of tetrazole rings is 1. The van der Waals surface area contributed by atoms with E-state index in [0.717, 1.165) is 4.68 Å². The first-order valence-electron chi connectivity index (χ1n) is 7.38. The van der Waals surface area contributed by atoms with Crippen LogP contribution in [-0.4, -0.2) is 50.2 Å². The molecule has 1 atom stereocenters. The minimum absolute atomic E-state index is 0.309. The van der Waals surface area contributed by atoms with Crippen molar-refractivity contribution in [1.82, 2.24) is 50.2 Å². The third-order valence-electron chi connectivity index (χ3n) is 3.85. The summed E-state index contributed by atoms with van der Waals surface area (Å²) in [5, 5.41) is 27.7. The van der Waals surface area contributed by atoms with Gasteiger partial charge in [-0.15, -0.1) is 20.4 Å². The molecule has 0 aliphatic heterocycles. The summed E-state index contributed by atoms with van der Waals surface area (Å²) in [4.78, 5) is 26.2. The fourth-order valence-corrected chi connectivity index (χ4v) is 2.55. The predicted octanol–water partition coefficient (Wildman–Crippen LogP) is -1.32. The molecule has 0 saturated heterocycles. The van der Waals surface area contributed by atoms with Crippen LogP contribution in [0.1, 0.15) is 13.0 Å². The zero-order valence-corrected chi connectivity index (χ0v) is 13.3. The lowest BCUT2D eigenvalue weighted by atomic mass is 10.2. The number of hydrogen-bond acceptors (Lipinski definition) is 9. The Bertz CT molecular complexity index is 1190. The van der Waals surface area contributed by atoms with E-state index in [1.165, 1.54) is 35.0 Å². The summed E-state index contributed by atoms with van der Waals surface area (Å²) in [6.07, 6.45) is 1.31. The van der Waals surface area contributed by atoms with Gasteiger partial charge in [0.1, 0.15) is 11.0 Å². The second-order valence-corrected chi connectivity index (χ2v) is 5.58. The van der Waals surface area contributed by atoms with Gasteiger partial charge in [-0.1, -0.05) is 10.4 Å². The maximum absolute atomic E-state index is 12.8. The molecule has 126 valence electrons. The number of aryl methyl sites for hydroxylation is 1. The van der Waals surface area contributed by atoms with Crippen LogP contribution in [0.2, 0.25) is 0 Å². The van der Waals surface area contributed by atoms with E-state index in [0.29, 0.717) is 28.4 Å². The SMILES string of the molecule is CC(Cn1ncnn1)n1nnc2cc3c(=O)n(C)nnc3cc2c1=O. The van der Waals surface area contributed by atoms with Crippen molar-refractivity contribution in [3.63, 3.8) is 0 Å². The van der Waals surface area contributed by atoms with Crippen molar-refractivity contribution in [2.45, 2.75) is 19.5 Å². The van der Waals surface area contributed by atoms with Gasteiger partial charge in [0, 0.05) is 7.05 Å². The fourth-order valence-electron chi connectivity index (χ4n) is 2.55. The van der Waals surface area contributed by atoms with Crippen LogP contribution < -0.4 is 11.1 Å². The van der Waals surface area contributed by atoms with Crippen molar-refractivity contribution in [3.8, 4) is 0 Å². The molecule has 0 aliphatic carbocycles. The minimum Gasteiger partial charge on any atom is -0.267 e. The highest BCUT2D eigenvalue weighted by molar-refractivity contribution is 5.93. The van der Waals surface area contributed by atoms with Gasteiger partial charge >= 0.3 is 0 Å². The highest BCUT2D eigenvalue weighted by Gasteiger charge is 2.15. The van der Waals surface area contributed by atoms with E-state index >= 15 is 0 Å². The molecule has 0 spiro atoms. The molecule has 12 nitrogen and oxygen atoms in total. The Kier molecular flexibility index (Phi) is 3.30. The highest BCUT2D eigenvalue weighted by Crippen LogP contribution is 2.14. The standard InChI is InChI=1S/C13H12N10O2/c1-7(5-22-15-6-14-18-22)23-13(25)9-4-10-8(3-11(9)17-20-23)12(24)21(2)19-16-10/h3-4,6-7H,5H2,1-2H3. The van der Waals surface area contributed by atoms with Crippen LogP contribution in [0.4, 0.5) is 0 Å². The molecule has 0 bridgehead atoms. The maximum Gasteiger partial charge on any atom is 0.277 e. The molecule has 0 N–H and O–H groups in total. The summed E-state index contributed by atoms with van der Waals surface area (Å²) in [6, 6.07) is 2.67. The van der Waals surface area contributed by atoms with Gasteiger partial charge in [0.2, 0.25) is 0 Å². The van der Waals surface area contributed by atoms with Crippen molar-refractivity contribution in [1.29, 1.82) is 0 Å². The lowest BCUT2D eigenvalue weighted by molar-refractivity contribution is 0.354. The van der Waals surface area contributed by atoms with E-state index in [1.807, 2.05) is 0 Å². The Morgan fingerprint density at radius 1 is 1.00 bits per heavy atom. The monoisotopic (exact) mass is 340 g/mol. The number of aromatic nitrogens is 10. The third kappa shape index (κ3) is 2.43. The number of benzene rings is 1. The van der Waals surface area contributed by atoms with Crippen LogP contribution in [-0.2, 0) is 13.6 Å². The number of hydrogen-bond donors (Lipinski definition) is 0. The van der Waals surface area contributed by atoms with Crippen LogP contribution in [0.5, 0.6) is 0 Å². The molecule has 0 amide bonds.